The maximum absolute atomic E-state index is 12.2. The van der Waals surface area contributed by atoms with Gasteiger partial charge in [-0.05, 0) is 31.0 Å². The quantitative estimate of drug-likeness (QED) is 0.894. The number of rotatable bonds is 3. The van der Waals surface area contributed by atoms with Crippen molar-refractivity contribution in [2.45, 2.75) is 18.4 Å². The van der Waals surface area contributed by atoms with E-state index in [0.29, 0.717) is 41.7 Å². The molecule has 0 spiro atoms. The lowest BCUT2D eigenvalue weighted by Gasteiger charge is -2.37. The predicted molar refractivity (Wildman–Crippen MR) is 83.1 cm³/mol. The zero-order valence-electron chi connectivity index (χ0n) is 11.7. The number of anilines is 1. The lowest BCUT2D eigenvalue weighted by molar-refractivity contribution is -0.0642. The summed E-state index contributed by atoms with van der Waals surface area (Å²) >= 11 is 11.8. The zero-order valence-corrected chi connectivity index (χ0v) is 13.2. The van der Waals surface area contributed by atoms with Crippen molar-refractivity contribution in [3.8, 4) is 0 Å². The van der Waals surface area contributed by atoms with E-state index in [4.69, 9.17) is 27.9 Å². The van der Waals surface area contributed by atoms with E-state index >= 15 is 0 Å². The molecular weight excluding hydrogens is 315 g/mol. The van der Waals surface area contributed by atoms with Crippen molar-refractivity contribution in [3.63, 3.8) is 0 Å². The molecule has 7 heteroatoms. The van der Waals surface area contributed by atoms with E-state index < -0.39 is 5.60 Å². The smallest absolute Gasteiger partial charge is 0.321 e. The van der Waals surface area contributed by atoms with Crippen LogP contribution in [0.4, 0.5) is 10.5 Å². The summed E-state index contributed by atoms with van der Waals surface area (Å²) in [5, 5.41) is 13.9. The van der Waals surface area contributed by atoms with Crippen LogP contribution in [-0.4, -0.2) is 48.4 Å². The van der Waals surface area contributed by atoms with Crippen LogP contribution >= 0.6 is 23.2 Å². The fraction of sp³-hybridized carbons (Fsp3) is 0.500. The molecule has 1 aromatic carbocycles. The summed E-state index contributed by atoms with van der Waals surface area (Å²) in [7, 11) is 1.56. The first-order valence-corrected chi connectivity index (χ1v) is 7.41. The van der Waals surface area contributed by atoms with Gasteiger partial charge < -0.3 is 20.1 Å². The van der Waals surface area contributed by atoms with Gasteiger partial charge in [0, 0.05) is 35.9 Å². The molecule has 2 amide bonds. The van der Waals surface area contributed by atoms with E-state index in [-0.39, 0.29) is 12.6 Å². The molecule has 0 aromatic heterocycles. The van der Waals surface area contributed by atoms with E-state index in [1.165, 1.54) is 0 Å². The van der Waals surface area contributed by atoms with Crippen LogP contribution < -0.4 is 5.32 Å². The summed E-state index contributed by atoms with van der Waals surface area (Å²) < 4.78 is 5.00. The Hall–Kier alpha value is -1.01. The Bertz CT molecular complexity index is 497. The molecule has 116 valence electrons. The average Bonchev–Trinajstić information content (AvgIpc) is 2.38. The minimum absolute atomic E-state index is 0.229. The Balaban J connectivity index is 1.93. The van der Waals surface area contributed by atoms with Gasteiger partial charge in [-0.25, -0.2) is 4.79 Å². The van der Waals surface area contributed by atoms with Crippen LogP contribution in [0.2, 0.25) is 10.0 Å². The number of carbonyl (C=O) groups excluding carboxylic acids is 1. The standard InChI is InChI=1S/C14H18Cl2N2O3/c1-21-9-14(20)2-4-18(5-3-14)13(19)17-12-7-10(15)6-11(16)8-12/h6-8,20H,2-5,9H2,1H3,(H,17,19). The molecule has 1 aliphatic heterocycles. The topological polar surface area (TPSA) is 61.8 Å². The molecule has 0 bridgehead atoms. The molecular formula is C14H18Cl2N2O3. The molecule has 1 aromatic rings. The zero-order chi connectivity index (χ0) is 15.5. The van der Waals surface area contributed by atoms with Crippen molar-refractivity contribution >= 4 is 34.9 Å². The second-order valence-electron chi connectivity index (χ2n) is 5.23. The van der Waals surface area contributed by atoms with E-state index in [9.17, 15) is 9.90 Å². The number of carbonyl (C=O) groups is 1. The van der Waals surface area contributed by atoms with Crippen LogP contribution in [0.5, 0.6) is 0 Å². The van der Waals surface area contributed by atoms with Gasteiger partial charge in [-0.1, -0.05) is 23.2 Å². The first-order valence-electron chi connectivity index (χ1n) is 6.65. The number of nitrogens with one attached hydrogen (secondary N) is 1. The maximum atomic E-state index is 12.2. The summed E-state index contributed by atoms with van der Waals surface area (Å²) in [4.78, 5) is 13.8. The number of urea groups is 1. The van der Waals surface area contributed by atoms with Gasteiger partial charge in [-0.2, -0.15) is 0 Å². The summed E-state index contributed by atoms with van der Waals surface area (Å²) in [6.07, 6.45) is 0.981. The number of nitrogens with zero attached hydrogens (tertiary/aromatic N) is 1. The molecule has 1 aliphatic rings. The number of halogens is 2. The number of hydrogen-bond donors (Lipinski definition) is 2. The number of aliphatic hydroxyl groups is 1. The molecule has 21 heavy (non-hydrogen) atoms. The molecule has 1 heterocycles. The largest absolute Gasteiger partial charge is 0.387 e. The van der Waals surface area contributed by atoms with Crippen LogP contribution in [0.1, 0.15) is 12.8 Å². The molecule has 5 nitrogen and oxygen atoms in total. The van der Waals surface area contributed by atoms with E-state index in [0.717, 1.165) is 0 Å². The lowest BCUT2D eigenvalue weighted by Crippen LogP contribution is -2.49. The van der Waals surface area contributed by atoms with Crippen molar-refractivity contribution in [3.05, 3.63) is 28.2 Å². The monoisotopic (exact) mass is 332 g/mol. The molecule has 2 N–H and O–H groups in total. The van der Waals surface area contributed by atoms with Crippen LogP contribution in [0.25, 0.3) is 0 Å². The average molecular weight is 333 g/mol. The first kappa shape index (κ1) is 16.4. The second-order valence-corrected chi connectivity index (χ2v) is 6.11. The molecule has 0 aliphatic carbocycles. The van der Waals surface area contributed by atoms with Gasteiger partial charge in [0.2, 0.25) is 0 Å². The molecule has 0 unspecified atom stereocenters. The SMILES string of the molecule is COCC1(O)CCN(C(=O)Nc2cc(Cl)cc(Cl)c2)CC1. The summed E-state index contributed by atoms with van der Waals surface area (Å²) in [5.41, 5.74) is -0.291. The Labute approximate surface area is 133 Å². The Kier molecular flexibility index (Phi) is 5.32. The fourth-order valence-electron chi connectivity index (χ4n) is 2.37. The second kappa shape index (κ2) is 6.83. The Morgan fingerprint density at radius 2 is 1.90 bits per heavy atom. The maximum Gasteiger partial charge on any atom is 0.321 e. The minimum Gasteiger partial charge on any atom is -0.387 e. The number of methoxy groups -OCH3 is 1. The first-order chi connectivity index (χ1) is 9.92. The van der Waals surface area contributed by atoms with E-state index in [2.05, 4.69) is 5.32 Å². The molecule has 0 atom stereocenters. The van der Waals surface area contributed by atoms with Gasteiger partial charge in [0.25, 0.3) is 0 Å². The number of likely N-dealkylation sites (tertiary alicyclic amines) is 1. The Morgan fingerprint density at radius 1 is 1.33 bits per heavy atom. The third-order valence-corrected chi connectivity index (χ3v) is 3.94. The van der Waals surface area contributed by atoms with Gasteiger partial charge in [0.1, 0.15) is 0 Å². The summed E-state index contributed by atoms with van der Waals surface area (Å²) in [6, 6.07) is 4.64. The fourth-order valence-corrected chi connectivity index (χ4v) is 2.89. The number of hydrogen-bond acceptors (Lipinski definition) is 3. The predicted octanol–water partition coefficient (Wildman–Crippen LogP) is 3.00. The number of benzene rings is 1. The van der Waals surface area contributed by atoms with Gasteiger partial charge in [0.05, 0.1) is 12.2 Å². The van der Waals surface area contributed by atoms with Gasteiger partial charge in [0.15, 0.2) is 0 Å². The minimum atomic E-state index is -0.842. The lowest BCUT2D eigenvalue weighted by atomic mass is 9.92. The highest BCUT2D eigenvalue weighted by Crippen LogP contribution is 2.25. The van der Waals surface area contributed by atoms with Crippen molar-refractivity contribution in [2.24, 2.45) is 0 Å². The highest BCUT2D eigenvalue weighted by Gasteiger charge is 2.33. The number of piperidine rings is 1. The molecule has 1 fully saturated rings. The number of amides is 2. The van der Waals surface area contributed by atoms with E-state index in [1.54, 1.807) is 30.2 Å². The highest BCUT2D eigenvalue weighted by atomic mass is 35.5. The summed E-state index contributed by atoms with van der Waals surface area (Å²) in [6.45, 7) is 1.23. The van der Waals surface area contributed by atoms with Gasteiger partial charge in [-0.15, -0.1) is 0 Å². The van der Waals surface area contributed by atoms with Gasteiger partial charge in [-0.3, -0.25) is 0 Å². The van der Waals surface area contributed by atoms with Crippen molar-refractivity contribution in [2.75, 3.05) is 32.1 Å². The normalized spacial score (nSPS) is 17.6. The van der Waals surface area contributed by atoms with Crippen LogP contribution in [0, 0.1) is 0 Å². The third kappa shape index (κ3) is 4.48. The van der Waals surface area contributed by atoms with Gasteiger partial charge >= 0.3 is 6.03 Å². The van der Waals surface area contributed by atoms with Crippen LogP contribution in [0.15, 0.2) is 18.2 Å². The molecule has 1 saturated heterocycles. The van der Waals surface area contributed by atoms with Crippen molar-refractivity contribution in [1.82, 2.24) is 4.90 Å². The van der Waals surface area contributed by atoms with E-state index in [1.807, 2.05) is 0 Å². The highest BCUT2D eigenvalue weighted by molar-refractivity contribution is 6.35. The molecule has 0 saturated carbocycles. The molecule has 2 rings (SSSR count). The molecule has 0 radical (unpaired) electrons. The van der Waals surface area contributed by atoms with Crippen molar-refractivity contribution in [1.29, 1.82) is 0 Å². The third-order valence-electron chi connectivity index (χ3n) is 3.51. The van der Waals surface area contributed by atoms with Crippen molar-refractivity contribution < 1.29 is 14.6 Å². The number of ether oxygens (including phenoxy) is 1. The van der Waals surface area contributed by atoms with Crippen LogP contribution in [0.3, 0.4) is 0 Å². The Morgan fingerprint density at radius 3 is 2.43 bits per heavy atom. The van der Waals surface area contributed by atoms with Crippen LogP contribution in [-0.2, 0) is 4.74 Å². The summed E-state index contributed by atoms with van der Waals surface area (Å²) in [5.74, 6) is 0.